The second kappa shape index (κ2) is 8.72. The van der Waals surface area contributed by atoms with Crippen LogP contribution in [0.4, 0.5) is 0 Å². The van der Waals surface area contributed by atoms with Crippen LogP contribution in [0.15, 0.2) is 37.0 Å². The van der Waals surface area contributed by atoms with Crippen LogP contribution in [0, 0.1) is 0 Å². The molecule has 1 aliphatic rings. The normalized spacial score (nSPS) is 18.9. The van der Waals surface area contributed by atoms with Crippen LogP contribution in [0.5, 0.6) is 0 Å². The molecule has 1 atom stereocenters. The molecule has 0 radical (unpaired) electrons. The van der Waals surface area contributed by atoms with E-state index in [-0.39, 0.29) is 12.1 Å². The first-order valence-corrected chi connectivity index (χ1v) is 7.02. The van der Waals surface area contributed by atoms with Crippen LogP contribution in [-0.2, 0) is 9.53 Å². The maximum atomic E-state index is 11.6. The first kappa shape index (κ1) is 16.7. The number of methoxy groups -OCH3 is 1. The molecule has 1 aliphatic heterocycles. The van der Waals surface area contributed by atoms with E-state index in [1.807, 2.05) is 17.1 Å². The van der Waals surface area contributed by atoms with Crippen molar-refractivity contribution in [1.29, 1.82) is 0 Å². The molecule has 0 aliphatic carbocycles. The first-order chi connectivity index (χ1) is 9.63. The fourth-order valence-corrected chi connectivity index (χ4v) is 2.55. The zero-order valence-corrected chi connectivity index (χ0v) is 12.6. The van der Waals surface area contributed by atoms with E-state index >= 15 is 0 Å². The molecule has 1 amide bonds. The van der Waals surface area contributed by atoms with Crippen molar-refractivity contribution in [3.8, 4) is 0 Å². The van der Waals surface area contributed by atoms with Gasteiger partial charge in [-0.2, -0.15) is 0 Å². The topological polar surface area (TPSA) is 32.8 Å². The molecule has 1 heterocycles. The Balaban J connectivity index is 2.79. The van der Waals surface area contributed by atoms with Crippen LogP contribution in [0.3, 0.4) is 0 Å². The molecule has 112 valence electrons. The number of likely N-dealkylation sites (tertiary alicyclic amines) is 1. The van der Waals surface area contributed by atoms with Crippen molar-refractivity contribution in [2.75, 3.05) is 33.9 Å². The lowest BCUT2D eigenvalue weighted by Gasteiger charge is -2.39. The second-order valence-electron chi connectivity index (χ2n) is 5.23. The number of allylic oxidation sites excluding steroid dienone is 2. The zero-order valence-electron chi connectivity index (χ0n) is 12.6. The third-order valence-electron chi connectivity index (χ3n) is 3.79. The highest BCUT2D eigenvalue weighted by Gasteiger charge is 2.28. The van der Waals surface area contributed by atoms with Gasteiger partial charge in [-0.25, -0.2) is 0 Å². The van der Waals surface area contributed by atoms with E-state index in [1.54, 1.807) is 13.2 Å². The van der Waals surface area contributed by atoms with Crippen molar-refractivity contribution in [2.45, 2.75) is 24.9 Å². The van der Waals surface area contributed by atoms with Gasteiger partial charge in [0.15, 0.2) is 0 Å². The van der Waals surface area contributed by atoms with Crippen molar-refractivity contribution in [1.82, 2.24) is 9.80 Å². The van der Waals surface area contributed by atoms with Gasteiger partial charge in [-0.15, -0.1) is 0 Å². The molecule has 0 aromatic rings. The van der Waals surface area contributed by atoms with Gasteiger partial charge in [0.05, 0.1) is 12.6 Å². The van der Waals surface area contributed by atoms with Crippen LogP contribution in [-0.4, -0.2) is 62.1 Å². The number of carbonyl (C=O) groups excluding carboxylic acids is 1. The highest BCUT2D eigenvalue weighted by molar-refractivity contribution is 5.51. The number of rotatable bonds is 8. The number of hydrogen-bond donors (Lipinski definition) is 0. The lowest BCUT2D eigenvalue weighted by molar-refractivity contribution is -0.124. The molecule has 4 heteroatoms. The van der Waals surface area contributed by atoms with Gasteiger partial charge in [0.2, 0.25) is 6.41 Å². The fourth-order valence-electron chi connectivity index (χ4n) is 2.55. The summed E-state index contributed by atoms with van der Waals surface area (Å²) < 4.78 is 5.27. The van der Waals surface area contributed by atoms with Crippen molar-refractivity contribution in [2.24, 2.45) is 0 Å². The quantitative estimate of drug-likeness (QED) is 0.502. The molecule has 4 nitrogen and oxygen atoms in total. The van der Waals surface area contributed by atoms with Crippen LogP contribution < -0.4 is 0 Å². The van der Waals surface area contributed by atoms with Crippen molar-refractivity contribution in [3.05, 3.63) is 37.0 Å². The number of nitrogens with zero attached hydrogens (tertiary/aromatic N) is 2. The summed E-state index contributed by atoms with van der Waals surface area (Å²) in [5, 5.41) is 0. The number of piperidine rings is 1. The number of carbonyl (C=O) groups is 1. The van der Waals surface area contributed by atoms with Gasteiger partial charge in [-0.1, -0.05) is 31.4 Å². The van der Waals surface area contributed by atoms with Gasteiger partial charge >= 0.3 is 0 Å². The minimum Gasteiger partial charge on any atom is -0.382 e. The Labute approximate surface area is 122 Å². The lowest BCUT2D eigenvalue weighted by Crippen LogP contribution is -2.49. The second-order valence-corrected chi connectivity index (χ2v) is 5.23. The Kier molecular flexibility index (Phi) is 7.26. The van der Waals surface area contributed by atoms with E-state index in [1.165, 1.54) is 0 Å². The molecule has 0 spiro atoms. The largest absolute Gasteiger partial charge is 0.382 e. The van der Waals surface area contributed by atoms with E-state index in [4.69, 9.17) is 4.74 Å². The molecule has 0 aromatic heterocycles. The van der Waals surface area contributed by atoms with Gasteiger partial charge in [0.1, 0.15) is 0 Å². The molecule has 0 saturated carbocycles. The van der Waals surface area contributed by atoms with Crippen LogP contribution in [0.1, 0.15) is 12.8 Å². The molecular weight excluding hydrogens is 252 g/mol. The smallest absolute Gasteiger partial charge is 0.210 e. The van der Waals surface area contributed by atoms with E-state index in [0.717, 1.165) is 37.9 Å². The molecule has 20 heavy (non-hydrogen) atoms. The molecule has 1 fully saturated rings. The summed E-state index contributed by atoms with van der Waals surface area (Å²) in [6, 6.07) is 0.153. The van der Waals surface area contributed by atoms with Gasteiger partial charge in [0.25, 0.3) is 0 Å². The Hall–Kier alpha value is -1.39. The molecule has 0 aromatic carbocycles. The van der Waals surface area contributed by atoms with E-state index in [2.05, 4.69) is 25.1 Å². The SMILES string of the molecule is C=C/C=C\C(=C)[C@H](COC)N(C=O)C1CCN(C)CC1. The van der Waals surface area contributed by atoms with Crippen molar-refractivity contribution in [3.63, 3.8) is 0 Å². The Morgan fingerprint density at radius 3 is 2.65 bits per heavy atom. The molecule has 1 rings (SSSR count). The Bertz CT molecular complexity index is 357. The average molecular weight is 278 g/mol. The van der Waals surface area contributed by atoms with Gasteiger partial charge in [-0.3, -0.25) is 4.79 Å². The third-order valence-corrected chi connectivity index (χ3v) is 3.79. The van der Waals surface area contributed by atoms with Crippen LogP contribution >= 0.6 is 0 Å². The molecule has 0 bridgehead atoms. The zero-order chi connectivity index (χ0) is 15.0. The summed E-state index contributed by atoms with van der Waals surface area (Å²) in [6.45, 7) is 10.2. The minimum atomic E-state index is -0.109. The van der Waals surface area contributed by atoms with Crippen LogP contribution in [0.25, 0.3) is 0 Å². The lowest BCUT2D eigenvalue weighted by atomic mass is 9.99. The highest BCUT2D eigenvalue weighted by Crippen LogP contribution is 2.20. The van der Waals surface area contributed by atoms with E-state index < -0.39 is 0 Å². The number of amides is 1. The molecule has 0 unspecified atom stereocenters. The monoisotopic (exact) mass is 278 g/mol. The molecule has 1 saturated heterocycles. The maximum absolute atomic E-state index is 11.6. The van der Waals surface area contributed by atoms with Crippen molar-refractivity contribution < 1.29 is 9.53 Å². The van der Waals surface area contributed by atoms with Gasteiger partial charge < -0.3 is 14.5 Å². The van der Waals surface area contributed by atoms with Gasteiger partial charge in [0, 0.05) is 13.2 Å². The van der Waals surface area contributed by atoms with Crippen molar-refractivity contribution >= 4 is 6.41 Å². The predicted octanol–water partition coefficient (Wildman–Crippen LogP) is 1.85. The predicted molar refractivity (Wildman–Crippen MR) is 82.6 cm³/mol. The minimum absolute atomic E-state index is 0.109. The average Bonchev–Trinajstić information content (AvgIpc) is 2.46. The number of hydrogen-bond acceptors (Lipinski definition) is 3. The summed E-state index contributed by atoms with van der Waals surface area (Å²) in [7, 11) is 3.76. The van der Waals surface area contributed by atoms with Gasteiger partial charge in [-0.05, 0) is 38.6 Å². The fraction of sp³-hybridized carbons (Fsp3) is 0.562. The first-order valence-electron chi connectivity index (χ1n) is 7.02. The Morgan fingerprint density at radius 2 is 2.15 bits per heavy atom. The van der Waals surface area contributed by atoms with E-state index in [0.29, 0.717) is 6.61 Å². The summed E-state index contributed by atoms with van der Waals surface area (Å²) >= 11 is 0. The summed E-state index contributed by atoms with van der Waals surface area (Å²) in [5.74, 6) is 0. The van der Waals surface area contributed by atoms with Crippen LogP contribution in [0.2, 0.25) is 0 Å². The summed E-state index contributed by atoms with van der Waals surface area (Å²) in [4.78, 5) is 15.7. The van der Waals surface area contributed by atoms with E-state index in [9.17, 15) is 4.79 Å². The Morgan fingerprint density at radius 1 is 1.50 bits per heavy atom. The maximum Gasteiger partial charge on any atom is 0.210 e. The highest BCUT2D eigenvalue weighted by atomic mass is 16.5. The summed E-state index contributed by atoms with van der Waals surface area (Å²) in [5.41, 5.74) is 0.873. The molecule has 0 N–H and O–H groups in total. The molecular formula is C16H26N2O2. The third kappa shape index (κ3) is 4.62. The number of ether oxygens (including phenoxy) is 1. The summed E-state index contributed by atoms with van der Waals surface area (Å²) in [6.07, 6.45) is 8.36. The standard InChI is InChI=1S/C16H26N2O2/c1-5-6-7-14(2)16(12-20-4)18(13-19)15-8-10-17(3)11-9-15/h5-7,13,15-16H,1-2,8-12H2,3-4H3/b7-6-/t16-/m0/s1.